The number of H-pyrrole nitrogens is 1. The standard InChI is InChI=1S/C35H33ClN10O7S/c1-35(2,3)22-8-11-24(12-9-22)54(48,49)44-32-29(53-27-20-23(50-4)10-13-25(27)36)33(51-17-18-52-34(47)39-28-7-5-6-15-38-28)41-30(40-32)21-14-16-37-26(19-21)31-42-45-46-43-31/h5-16,19-20H,17-18H2,1-4H3,(H,38,39,47)(H,40,41,44)(H,42,43,45,46). The average molecular weight is 773 g/mol. The van der Waals surface area contributed by atoms with Gasteiger partial charge in [-0.1, -0.05) is 50.6 Å². The maximum absolute atomic E-state index is 14.0. The van der Waals surface area contributed by atoms with E-state index >= 15 is 0 Å². The van der Waals surface area contributed by atoms with Gasteiger partial charge >= 0.3 is 6.09 Å². The van der Waals surface area contributed by atoms with E-state index in [1.54, 1.807) is 48.5 Å². The van der Waals surface area contributed by atoms with Crippen molar-refractivity contribution in [2.75, 3.05) is 30.4 Å². The van der Waals surface area contributed by atoms with Crippen molar-refractivity contribution in [2.45, 2.75) is 31.1 Å². The molecule has 0 atom stereocenters. The van der Waals surface area contributed by atoms with Crippen LogP contribution in [0, 0.1) is 0 Å². The Hall–Kier alpha value is -6.40. The molecular weight excluding hydrogens is 740 g/mol. The summed E-state index contributed by atoms with van der Waals surface area (Å²) in [7, 11) is -2.84. The predicted molar refractivity (Wildman–Crippen MR) is 197 cm³/mol. The molecule has 6 aromatic rings. The van der Waals surface area contributed by atoms with E-state index in [2.05, 4.69) is 50.6 Å². The lowest BCUT2D eigenvalue weighted by atomic mass is 9.87. The fourth-order valence-electron chi connectivity index (χ4n) is 4.75. The molecule has 0 fully saturated rings. The van der Waals surface area contributed by atoms with Gasteiger partial charge in [-0.3, -0.25) is 15.0 Å². The molecule has 0 spiro atoms. The monoisotopic (exact) mass is 772 g/mol. The summed E-state index contributed by atoms with van der Waals surface area (Å²) in [6, 6.07) is 19.3. The summed E-state index contributed by atoms with van der Waals surface area (Å²) in [5, 5.41) is 16.4. The lowest BCUT2D eigenvalue weighted by Crippen LogP contribution is -2.19. The second kappa shape index (κ2) is 16.1. The molecule has 0 saturated heterocycles. The van der Waals surface area contributed by atoms with E-state index in [1.165, 1.54) is 43.8 Å². The summed E-state index contributed by atoms with van der Waals surface area (Å²) in [4.78, 5) is 29.9. The van der Waals surface area contributed by atoms with Crippen LogP contribution < -0.4 is 24.2 Å². The second-order valence-corrected chi connectivity index (χ2v) is 14.4. The molecule has 17 nitrogen and oxygen atoms in total. The number of nitrogens with zero attached hydrogens (tertiary/aromatic N) is 7. The number of methoxy groups -OCH3 is 1. The molecule has 54 heavy (non-hydrogen) atoms. The minimum atomic E-state index is -4.30. The first-order chi connectivity index (χ1) is 25.9. The van der Waals surface area contributed by atoms with Crippen molar-refractivity contribution in [3.63, 3.8) is 0 Å². The number of hydrogen-bond acceptors (Lipinski definition) is 14. The summed E-state index contributed by atoms with van der Waals surface area (Å²) < 4.78 is 53.4. The highest BCUT2D eigenvalue weighted by atomic mass is 35.5. The molecule has 0 unspecified atom stereocenters. The fourth-order valence-corrected chi connectivity index (χ4v) is 5.92. The summed E-state index contributed by atoms with van der Waals surface area (Å²) in [6.45, 7) is 5.56. The van der Waals surface area contributed by atoms with Crippen LogP contribution in [0.5, 0.6) is 23.1 Å². The molecule has 4 aromatic heterocycles. The minimum Gasteiger partial charge on any atom is -0.497 e. The number of benzene rings is 2. The van der Waals surface area contributed by atoms with Gasteiger partial charge in [-0.05, 0) is 69.9 Å². The molecule has 278 valence electrons. The quantitative estimate of drug-likeness (QED) is 0.110. The molecule has 4 heterocycles. The third kappa shape index (κ3) is 9.14. The van der Waals surface area contributed by atoms with Crippen molar-refractivity contribution in [3.8, 4) is 46.0 Å². The number of aromatic amines is 1. The first kappa shape index (κ1) is 37.4. The zero-order valence-corrected chi connectivity index (χ0v) is 30.8. The highest BCUT2D eigenvalue weighted by molar-refractivity contribution is 7.92. The molecule has 1 amide bonds. The van der Waals surface area contributed by atoms with E-state index in [4.69, 9.17) is 30.5 Å². The number of tetrazole rings is 1. The lowest BCUT2D eigenvalue weighted by molar-refractivity contribution is 0.135. The van der Waals surface area contributed by atoms with Crippen molar-refractivity contribution in [1.29, 1.82) is 0 Å². The Morgan fingerprint density at radius 1 is 0.944 bits per heavy atom. The first-order valence-electron chi connectivity index (χ1n) is 16.1. The number of hydrogen-bond donors (Lipinski definition) is 3. The van der Waals surface area contributed by atoms with Gasteiger partial charge in [-0.15, -0.1) is 5.10 Å². The van der Waals surface area contributed by atoms with Gasteiger partial charge in [0.15, 0.2) is 17.5 Å². The maximum atomic E-state index is 14.0. The number of carbonyl (C=O) groups excluding carboxylic acids is 1. The SMILES string of the molecule is COc1ccc(Cl)c(Oc2c(NS(=O)(=O)c3ccc(C(C)(C)C)cc3)nc(-c3ccnc(-c4nnn[nH]4)c3)nc2OCCOC(=O)Nc2ccccn2)c1. The number of anilines is 2. The van der Waals surface area contributed by atoms with E-state index in [0.29, 0.717) is 17.0 Å². The lowest BCUT2D eigenvalue weighted by Gasteiger charge is -2.20. The number of aromatic nitrogens is 8. The van der Waals surface area contributed by atoms with Gasteiger partial charge in [0.2, 0.25) is 5.75 Å². The van der Waals surface area contributed by atoms with E-state index in [9.17, 15) is 13.2 Å². The number of rotatable bonds is 13. The van der Waals surface area contributed by atoms with Gasteiger partial charge in [-0.2, -0.15) is 4.98 Å². The van der Waals surface area contributed by atoms with Gasteiger partial charge in [0, 0.05) is 24.0 Å². The third-order valence-corrected chi connectivity index (χ3v) is 9.17. The predicted octanol–water partition coefficient (Wildman–Crippen LogP) is 6.29. The molecule has 0 saturated carbocycles. The van der Waals surface area contributed by atoms with Crippen LogP contribution in [0.2, 0.25) is 5.02 Å². The Kier molecular flexibility index (Phi) is 11.1. The summed E-state index contributed by atoms with van der Waals surface area (Å²) >= 11 is 6.51. The number of nitrogens with one attached hydrogen (secondary N) is 3. The Labute approximate surface area is 314 Å². The topological polar surface area (TPSA) is 218 Å². The number of carbonyl (C=O) groups is 1. The van der Waals surface area contributed by atoms with Crippen LogP contribution in [-0.2, 0) is 20.2 Å². The van der Waals surface area contributed by atoms with Gasteiger partial charge in [0.1, 0.15) is 36.2 Å². The number of halogens is 1. The summed E-state index contributed by atoms with van der Waals surface area (Å²) in [5.74, 6) is 0.237. The Balaban J connectivity index is 1.41. The van der Waals surface area contributed by atoms with Crippen molar-refractivity contribution < 1.29 is 32.2 Å². The van der Waals surface area contributed by atoms with Gasteiger partial charge in [-0.25, -0.2) is 28.3 Å². The maximum Gasteiger partial charge on any atom is 0.412 e. The molecule has 0 aliphatic rings. The Morgan fingerprint density at radius 2 is 1.76 bits per heavy atom. The van der Waals surface area contributed by atoms with Crippen LogP contribution in [-0.4, -0.2) is 75.4 Å². The van der Waals surface area contributed by atoms with Crippen LogP contribution >= 0.6 is 11.6 Å². The average Bonchev–Trinajstić information content (AvgIpc) is 3.71. The van der Waals surface area contributed by atoms with Crippen LogP contribution in [0.4, 0.5) is 16.4 Å². The third-order valence-electron chi connectivity index (χ3n) is 7.50. The van der Waals surface area contributed by atoms with Crippen LogP contribution in [0.15, 0.2) is 90.1 Å². The smallest absolute Gasteiger partial charge is 0.412 e. The molecule has 0 radical (unpaired) electrons. The van der Waals surface area contributed by atoms with Crippen molar-refractivity contribution in [3.05, 3.63) is 95.8 Å². The zero-order valence-electron chi connectivity index (χ0n) is 29.3. The molecule has 19 heteroatoms. The highest BCUT2D eigenvalue weighted by Gasteiger charge is 2.26. The first-order valence-corrected chi connectivity index (χ1v) is 18.0. The van der Waals surface area contributed by atoms with Crippen molar-refractivity contribution >= 4 is 39.4 Å². The van der Waals surface area contributed by atoms with Gasteiger partial charge in [0.25, 0.3) is 15.9 Å². The van der Waals surface area contributed by atoms with Crippen LogP contribution in [0.25, 0.3) is 22.9 Å². The second-order valence-electron chi connectivity index (χ2n) is 12.3. The van der Waals surface area contributed by atoms with Gasteiger partial charge < -0.3 is 18.9 Å². The van der Waals surface area contributed by atoms with E-state index in [0.717, 1.165) is 5.56 Å². The fraction of sp³-hybridized carbons (Fsp3) is 0.200. The Morgan fingerprint density at radius 3 is 2.46 bits per heavy atom. The number of sulfonamides is 1. The molecule has 6 rings (SSSR count). The zero-order chi connectivity index (χ0) is 38.3. The van der Waals surface area contributed by atoms with Crippen molar-refractivity contribution in [2.24, 2.45) is 0 Å². The molecule has 3 N–H and O–H groups in total. The molecule has 0 bridgehead atoms. The largest absolute Gasteiger partial charge is 0.497 e. The molecule has 2 aromatic carbocycles. The van der Waals surface area contributed by atoms with E-state index < -0.39 is 16.1 Å². The van der Waals surface area contributed by atoms with Crippen LogP contribution in [0.1, 0.15) is 26.3 Å². The summed E-state index contributed by atoms with van der Waals surface area (Å²) in [5.41, 5.74) is 1.45. The van der Waals surface area contributed by atoms with Crippen LogP contribution in [0.3, 0.4) is 0 Å². The highest BCUT2D eigenvalue weighted by Crippen LogP contribution is 2.42. The van der Waals surface area contributed by atoms with E-state index in [-0.39, 0.29) is 69.2 Å². The van der Waals surface area contributed by atoms with Crippen molar-refractivity contribution in [1.82, 2.24) is 40.6 Å². The normalized spacial score (nSPS) is 11.4. The summed E-state index contributed by atoms with van der Waals surface area (Å²) in [6.07, 6.45) is 2.21. The molecule has 0 aliphatic heterocycles. The number of ether oxygens (including phenoxy) is 4. The number of pyridine rings is 2. The van der Waals surface area contributed by atoms with Gasteiger partial charge in [0.05, 0.1) is 17.0 Å². The molecular formula is C35H33ClN10O7S. The van der Waals surface area contributed by atoms with E-state index in [1.807, 2.05) is 20.8 Å². The number of amides is 1. The molecule has 0 aliphatic carbocycles. The Bertz CT molecular complexity index is 2340. The minimum absolute atomic E-state index is 0.000178.